The first-order valence-corrected chi connectivity index (χ1v) is 7.09. The Hall–Kier alpha value is -2.04. The Balaban J connectivity index is 2.28. The number of hydrogen-bond donors (Lipinski definition) is 2. The predicted molar refractivity (Wildman–Crippen MR) is 80.5 cm³/mol. The number of benzene rings is 1. The third-order valence-electron chi connectivity index (χ3n) is 3.12. The summed E-state index contributed by atoms with van der Waals surface area (Å²) < 4.78 is 5.59. The van der Waals surface area contributed by atoms with Crippen molar-refractivity contribution in [1.29, 1.82) is 0 Å². The molecule has 5 heteroatoms. The molecule has 0 radical (unpaired) electrons. The van der Waals surface area contributed by atoms with Crippen LogP contribution >= 0.6 is 0 Å². The lowest BCUT2D eigenvalue weighted by Gasteiger charge is -2.13. The van der Waals surface area contributed by atoms with Crippen molar-refractivity contribution < 1.29 is 19.4 Å². The molecule has 1 amide bonds. The second-order valence-electron chi connectivity index (χ2n) is 5.27. The fourth-order valence-corrected chi connectivity index (χ4v) is 1.97. The number of hydrogen-bond acceptors (Lipinski definition) is 3. The summed E-state index contributed by atoms with van der Waals surface area (Å²) in [4.78, 5) is 22.1. The molecule has 0 saturated heterocycles. The van der Waals surface area contributed by atoms with Gasteiger partial charge in [0, 0.05) is 12.5 Å². The van der Waals surface area contributed by atoms with Crippen molar-refractivity contribution in [2.75, 3.05) is 6.61 Å². The minimum Gasteiger partial charge on any atom is -0.493 e. The quantitative estimate of drug-likeness (QED) is 0.772. The van der Waals surface area contributed by atoms with E-state index in [4.69, 9.17) is 9.84 Å². The lowest BCUT2D eigenvalue weighted by atomic mass is 10.1. The van der Waals surface area contributed by atoms with Crippen LogP contribution in [0.15, 0.2) is 18.2 Å². The lowest BCUT2D eigenvalue weighted by Crippen LogP contribution is -2.33. The fraction of sp³-hybridized carbons (Fsp3) is 0.500. The van der Waals surface area contributed by atoms with Crippen LogP contribution in [0.4, 0.5) is 0 Å². The zero-order chi connectivity index (χ0) is 15.8. The molecule has 1 unspecified atom stereocenters. The molecule has 0 heterocycles. The third-order valence-corrected chi connectivity index (χ3v) is 3.12. The van der Waals surface area contributed by atoms with E-state index in [-0.39, 0.29) is 24.8 Å². The zero-order valence-corrected chi connectivity index (χ0v) is 12.8. The van der Waals surface area contributed by atoms with Crippen LogP contribution in [0.2, 0.25) is 0 Å². The molecule has 21 heavy (non-hydrogen) atoms. The van der Waals surface area contributed by atoms with E-state index in [2.05, 4.69) is 5.32 Å². The first-order valence-electron chi connectivity index (χ1n) is 7.09. The Morgan fingerprint density at radius 2 is 2.00 bits per heavy atom. The van der Waals surface area contributed by atoms with E-state index in [1.807, 2.05) is 32.0 Å². The monoisotopic (exact) mass is 293 g/mol. The Morgan fingerprint density at radius 3 is 2.62 bits per heavy atom. The molecule has 116 valence electrons. The lowest BCUT2D eigenvalue weighted by molar-refractivity contribution is -0.137. The maximum absolute atomic E-state index is 11.7. The van der Waals surface area contributed by atoms with Gasteiger partial charge in [-0.3, -0.25) is 9.59 Å². The van der Waals surface area contributed by atoms with Crippen LogP contribution in [0.25, 0.3) is 0 Å². The zero-order valence-electron chi connectivity index (χ0n) is 12.8. The Labute approximate surface area is 125 Å². The summed E-state index contributed by atoms with van der Waals surface area (Å²) in [5.74, 6) is -0.195. The molecule has 0 aromatic heterocycles. The average molecular weight is 293 g/mol. The topological polar surface area (TPSA) is 75.6 Å². The summed E-state index contributed by atoms with van der Waals surface area (Å²) in [6, 6.07) is 5.76. The summed E-state index contributed by atoms with van der Waals surface area (Å²) in [5, 5.41) is 11.3. The van der Waals surface area contributed by atoms with E-state index < -0.39 is 5.97 Å². The van der Waals surface area contributed by atoms with Crippen LogP contribution in [0, 0.1) is 13.8 Å². The van der Waals surface area contributed by atoms with Gasteiger partial charge >= 0.3 is 5.97 Å². The van der Waals surface area contributed by atoms with E-state index in [0.717, 1.165) is 11.3 Å². The molecule has 2 N–H and O–H groups in total. The summed E-state index contributed by atoms with van der Waals surface area (Å²) in [7, 11) is 0. The maximum atomic E-state index is 11.7. The molecule has 0 bridgehead atoms. The van der Waals surface area contributed by atoms with Crippen LogP contribution in [0.5, 0.6) is 5.75 Å². The molecule has 1 atom stereocenters. The van der Waals surface area contributed by atoms with Gasteiger partial charge in [0.1, 0.15) is 5.75 Å². The smallest absolute Gasteiger partial charge is 0.303 e. The van der Waals surface area contributed by atoms with Crippen molar-refractivity contribution in [1.82, 2.24) is 5.32 Å². The van der Waals surface area contributed by atoms with Gasteiger partial charge in [-0.2, -0.15) is 0 Å². The van der Waals surface area contributed by atoms with Gasteiger partial charge in [-0.25, -0.2) is 0 Å². The fourth-order valence-electron chi connectivity index (χ4n) is 1.97. The van der Waals surface area contributed by atoms with Gasteiger partial charge in [0.15, 0.2) is 0 Å². The van der Waals surface area contributed by atoms with Crippen molar-refractivity contribution in [3.05, 3.63) is 29.3 Å². The van der Waals surface area contributed by atoms with Crippen molar-refractivity contribution in [2.24, 2.45) is 0 Å². The molecule has 1 aromatic carbocycles. The molecule has 0 aliphatic rings. The van der Waals surface area contributed by atoms with Crippen LogP contribution in [0.1, 0.15) is 37.3 Å². The van der Waals surface area contributed by atoms with Gasteiger partial charge in [-0.1, -0.05) is 17.7 Å². The van der Waals surface area contributed by atoms with Gasteiger partial charge < -0.3 is 15.2 Å². The number of carbonyl (C=O) groups excluding carboxylic acids is 1. The molecule has 0 spiro atoms. The first-order chi connectivity index (χ1) is 9.88. The predicted octanol–water partition coefficient (Wildman–Crippen LogP) is 2.44. The maximum Gasteiger partial charge on any atom is 0.303 e. The Bertz CT molecular complexity index is 499. The van der Waals surface area contributed by atoms with Crippen LogP contribution in [-0.4, -0.2) is 29.6 Å². The average Bonchev–Trinajstić information content (AvgIpc) is 2.39. The highest BCUT2D eigenvalue weighted by atomic mass is 16.5. The molecular formula is C16H23NO4. The molecule has 0 aliphatic heterocycles. The highest BCUT2D eigenvalue weighted by molar-refractivity contribution is 5.76. The van der Waals surface area contributed by atoms with E-state index in [1.165, 1.54) is 5.56 Å². The van der Waals surface area contributed by atoms with Gasteiger partial charge in [-0.15, -0.1) is 0 Å². The summed E-state index contributed by atoms with van der Waals surface area (Å²) in [6.07, 6.45) is 0.740. The van der Waals surface area contributed by atoms with Crippen molar-refractivity contribution in [3.63, 3.8) is 0 Å². The Morgan fingerprint density at radius 1 is 1.29 bits per heavy atom. The molecule has 1 aromatic rings. The van der Waals surface area contributed by atoms with Crippen molar-refractivity contribution in [2.45, 2.75) is 46.1 Å². The minimum absolute atomic E-state index is 0.0561. The molecule has 1 rings (SSSR count). The van der Waals surface area contributed by atoms with E-state index >= 15 is 0 Å². The number of carboxylic acids is 1. The van der Waals surface area contributed by atoms with E-state index in [9.17, 15) is 9.59 Å². The largest absolute Gasteiger partial charge is 0.493 e. The Kier molecular flexibility index (Phi) is 6.72. The van der Waals surface area contributed by atoms with Crippen LogP contribution < -0.4 is 10.1 Å². The van der Waals surface area contributed by atoms with Gasteiger partial charge in [-0.05, 0) is 38.8 Å². The van der Waals surface area contributed by atoms with E-state index in [0.29, 0.717) is 13.0 Å². The highest BCUT2D eigenvalue weighted by Gasteiger charge is 2.09. The van der Waals surface area contributed by atoms with Crippen molar-refractivity contribution in [3.8, 4) is 5.75 Å². The number of ether oxygens (including phenoxy) is 1. The second kappa shape index (κ2) is 8.29. The second-order valence-corrected chi connectivity index (χ2v) is 5.27. The number of carboxylic acid groups (broad SMARTS) is 1. The standard InChI is InChI=1S/C16H23NO4/c1-11-4-6-14(12(2)10-11)21-9-8-15(18)17-13(3)5-7-16(19)20/h4,6,10,13H,5,7-9H2,1-3H3,(H,17,18)(H,19,20). The molecule has 0 saturated carbocycles. The normalized spacial score (nSPS) is 11.8. The number of amides is 1. The third kappa shape index (κ3) is 6.79. The number of nitrogens with one attached hydrogen (secondary N) is 1. The summed E-state index contributed by atoms with van der Waals surface area (Å²) >= 11 is 0. The number of aliphatic carboxylic acids is 1. The van der Waals surface area contributed by atoms with Crippen LogP contribution in [0.3, 0.4) is 0 Å². The highest BCUT2D eigenvalue weighted by Crippen LogP contribution is 2.18. The SMILES string of the molecule is Cc1ccc(OCCC(=O)NC(C)CCC(=O)O)c(C)c1. The molecule has 5 nitrogen and oxygen atoms in total. The van der Waals surface area contributed by atoms with Gasteiger partial charge in [0.25, 0.3) is 0 Å². The molecular weight excluding hydrogens is 270 g/mol. The number of aryl methyl sites for hydroxylation is 2. The van der Waals surface area contributed by atoms with E-state index in [1.54, 1.807) is 6.92 Å². The molecule has 0 fully saturated rings. The summed E-state index contributed by atoms with van der Waals surface area (Å²) in [5.41, 5.74) is 2.22. The van der Waals surface area contributed by atoms with Gasteiger partial charge in [0.05, 0.1) is 13.0 Å². The van der Waals surface area contributed by atoms with Crippen molar-refractivity contribution >= 4 is 11.9 Å². The summed E-state index contributed by atoms with van der Waals surface area (Å²) in [6.45, 7) is 6.09. The first kappa shape index (κ1) is 17.0. The van der Waals surface area contributed by atoms with Gasteiger partial charge in [0.2, 0.25) is 5.91 Å². The number of rotatable bonds is 8. The minimum atomic E-state index is -0.853. The molecule has 0 aliphatic carbocycles. The van der Waals surface area contributed by atoms with Crippen LogP contribution in [-0.2, 0) is 9.59 Å². The number of carbonyl (C=O) groups is 2.